The Kier molecular flexibility index (Phi) is 3.58. The van der Waals surface area contributed by atoms with E-state index >= 15 is 0 Å². The highest BCUT2D eigenvalue weighted by atomic mass is 35.5. The van der Waals surface area contributed by atoms with Crippen LogP contribution >= 0.6 is 11.6 Å². The molecule has 1 aromatic carbocycles. The standard InChI is InChI=1S/C17H15ClN2O3/c18-14-7-12(8-15-16(14)23-10-22-15)17(21)20(13-1-2-13)9-11-3-5-19-6-4-11/h3-8,13H,1-2,9-10H2. The summed E-state index contributed by atoms with van der Waals surface area (Å²) in [4.78, 5) is 18.8. The number of carbonyl (C=O) groups excluding carboxylic acids is 1. The lowest BCUT2D eigenvalue weighted by Gasteiger charge is -2.23. The zero-order chi connectivity index (χ0) is 15.8. The number of amides is 1. The molecule has 1 aromatic heterocycles. The fraction of sp³-hybridized carbons (Fsp3) is 0.294. The largest absolute Gasteiger partial charge is 0.454 e. The molecule has 4 rings (SSSR count). The van der Waals surface area contributed by atoms with Crippen LogP contribution < -0.4 is 9.47 Å². The lowest BCUT2D eigenvalue weighted by Crippen LogP contribution is -2.32. The van der Waals surface area contributed by atoms with Crippen molar-refractivity contribution in [2.45, 2.75) is 25.4 Å². The second kappa shape index (κ2) is 5.74. The molecule has 23 heavy (non-hydrogen) atoms. The first-order chi connectivity index (χ1) is 11.2. The second-order valence-electron chi connectivity index (χ2n) is 5.71. The first-order valence-electron chi connectivity index (χ1n) is 7.51. The molecule has 0 spiro atoms. The molecule has 6 heteroatoms. The highest BCUT2D eigenvalue weighted by molar-refractivity contribution is 6.32. The molecule has 2 heterocycles. The van der Waals surface area contributed by atoms with Gasteiger partial charge in [-0.2, -0.15) is 0 Å². The normalized spacial score (nSPS) is 15.5. The molecule has 0 atom stereocenters. The van der Waals surface area contributed by atoms with Crippen molar-refractivity contribution in [1.29, 1.82) is 0 Å². The number of pyridine rings is 1. The summed E-state index contributed by atoms with van der Waals surface area (Å²) < 4.78 is 10.7. The third-order valence-corrected chi connectivity index (χ3v) is 4.31. The van der Waals surface area contributed by atoms with Gasteiger partial charge in [-0.25, -0.2) is 0 Å². The number of benzene rings is 1. The lowest BCUT2D eigenvalue weighted by atomic mass is 10.1. The Hall–Kier alpha value is -2.27. The minimum atomic E-state index is -0.0375. The van der Waals surface area contributed by atoms with Gasteiger partial charge in [0, 0.05) is 30.5 Å². The van der Waals surface area contributed by atoms with Gasteiger partial charge in [0.2, 0.25) is 6.79 Å². The number of aromatic nitrogens is 1. The van der Waals surface area contributed by atoms with Gasteiger partial charge in [0.05, 0.1) is 5.02 Å². The van der Waals surface area contributed by atoms with Gasteiger partial charge >= 0.3 is 0 Å². The molecule has 1 saturated carbocycles. The fourth-order valence-electron chi connectivity index (χ4n) is 2.69. The molecule has 0 saturated heterocycles. The quantitative estimate of drug-likeness (QED) is 0.863. The summed E-state index contributed by atoms with van der Waals surface area (Å²) in [5.41, 5.74) is 1.59. The number of nitrogens with zero attached hydrogens (tertiary/aromatic N) is 2. The highest BCUT2D eigenvalue weighted by Crippen LogP contribution is 2.40. The molecule has 2 aliphatic rings. The summed E-state index contributed by atoms with van der Waals surface area (Å²) in [6.07, 6.45) is 5.55. The van der Waals surface area contributed by atoms with Crippen molar-refractivity contribution in [3.05, 3.63) is 52.8 Å². The number of carbonyl (C=O) groups is 1. The molecule has 118 valence electrons. The minimum Gasteiger partial charge on any atom is -0.454 e. The van der Waals surface area contributed by atoms with Crippen LogP contribution in [0, 0.1) is 0 Å². The van der Waals surface area contributed by atoms with E-state index in [9.17, 15) is 4.79 Å². The van der Waals surface area contributed by atoms with Crippen LogP contribution in [0.2, 0.25) is 5.02 Å². The van der Waals surface area contributed by atoms with E-state index in [0.29, 0.717) is 34.7 Å². The molecule has 1 amide bonds. The van der Waals surface area contributed by atoms with E-state index in [2.05, 4.69) is 4.98 Å². The van der Waals surface area contributed by atoms with Gasteiger partial charge in [-0.05, 0) is 42.7 Å². The Bertz CT molecular complexity index is 747. The molecule has 1 aliphatic carbocycles. The Morgan fingerprint density at radius 1 is 1.26 bits per heavy atom. The van der Waals surface area contributed by atoms with Crippen LogP contribution in [0.5, 0.6) is 11.5 Å². The fourth-order valence-corrected chi connectivity index (χ4v) is 2.96. The second-order valence-corrected chi connectivity index (χ2v) is 6.12. The van der Waals surface area contributed by atoms with Crippen molar-refractivity contribution in [1.82, 2.24) is 9.88 Å². The van der Waals surface area contributed by atoms with E-state index < -0.39 is 0 Å². The molecule has 0 radical (unpaired) electrons. The summed E-state index contributed by atoms with van der Waals surface area (Å²) in [6.45, 7) is 0.703. The highest BCUT2D eigenvalue weighted by Gasteiger charge is 2.34. The zero-order valence-corrected chi connectivity index (χ0v) is 13.1. The minimum absolute atomic E-state index is 0.0375. The maximum atomic E-state index is 12.9. The van der Waals surface area contributed by atoms with Gasteiger partial charge in [0.1, 0.15) is 0 Å². The van der Waals surface area contributed by atoms with Crippen LogP contribution in [0.4, 0.5) is 0 Å². The first kappa shape index (κ1) is 14.3. The van der Waals surface area contributed by atoms with Crippen molar-refractivity contribution >= 4 is 17.5 Å². The van der Waals surface area contributed by atoms with E-state index in [1.807, 2.05) is 17.0 Å². The SMILES string of the molecule is O=C(c1cc(Cl)c2c(c1)OCO2)N(Cc1ccncc1)C1CC1. The van der Waals surface area contributed by atoms with Crippen molar-refractivity contribution in [3.8, 4) is 11.5 Å². The molecule has 1 fully saturated rings. The average molecular weight is 331 g/mol. The Labute approximate surface area is 138 Å². The van der Waals surface area contributed by atoms with Gasteiger partial charge in [-0.3, -0.25) is 9.78 Å². The first-order valence-corrected chi connectivity index (χ1v) is 7.89. The number of rotatable bonds is 4. The molecule has 0 unspecified atom stereocenters. The van der Waals surface area contributed by atoms with Gasteiger partial charge < -0.3 is 14.4 Å². The number of ether oxygens (including phenoxy) is 2. The molecule has 5 nitrogen and oxygen atoms in total. The van der Waals surface area contributed by atoms with Crippen molar-refractivity contribution in [3.63, 3.8) is 0 Å². The van der Waals surface area contributed by atoms with E-state index in [-0.39, 0.29) is 12.7 Å². The summed E-state index contributed by atoms with van der Waals surface area (Å²) in [5, 5.41) is 0.406. The lowest BCUT2D eigenvalue weighted by molar-refractivity contribution is 0.0729. The molecular formula is C17H15ClN2O3. The van der Waals surface area contributed by atoms with Crippen molar-refractivity contribution in [2.24, 2.45) is 0 Å². The summed E-state index contributed by atoms with van der Waals surface area (Å²) >= 11 is 6.19. The predicted octanol–water partition coefficient (Wildman–Crippen LogP) is 3.27. The van der Waals surface area contributed by atoms with Crippen LogP contribution in [0.1, 0.15) is 28.8 Å². The summed E-state index contributed by atoms with van der Waals surface area (Å²) in [6, 6.07) is 7.50. The maximum absolute atomic E-state index is 12.9. The number of hydrogen-bond donors (Lipinski definition) is 0. The predicted molar refractivity (Wildman–Crippen MR) is 84.7 cm³/mol. The maximum Gasteiger partial charge on any atom is 0.254 e. The number of halogens is 1. The van der Waals surface area contributed by atoms with Crippen LogP contribution in [-0.2, 0) is 6.54 Å². The van der Waals surface area contributed by atoms with Crippen molar-refractivity contribution < 1.29 is 14.3 Å². The van der Waals surface area contributed by atoms with E-state index in [0.717, 1.165) is 18.4 Å². The molecule has 0 N–H and O–H groups in total. The zero-order valence-electron chi connectivity index (χ0n) is 12.4. The average Bonchev–Trinajstić information content (AvgIpc) is 3.29. The van der Waals surface area contributed by atoms with E-state index in [1.165, 1.54) is 0 Å². The van der Waals surface area contributed by atoms with Crippen LogP contribution in [-0.4, -0.2) is 28.6 Å². The molecular weight excluding hydrogens is 316 g/mol. The topological polar surface area (TPSA) is 51.7 Å². The number of hydrogen-bond acceptors (Lipinski definition) is 4. The smallest absolute Gasteiger partial charge is 0.254 e. The Morgan fingerprint density at radius 3 is 2.78 bits per heavy atom. The van der Waals surface area contributed by atoms with Gasteiger partial charge in [0.25, 0.3) is 5.91 Å². The van der Waals surface area contributed by atoms with E-state index in [1.54, 1.807) is 24.5 Å². The van der Waals surface area contributed by atoms with Crippen molar-refractivity contribution in [2.75, 3.05) is 6.79 Å². The summed E-state index contributed by atoms with van der Waals surface area (Å²) in [7, 11) is 0. The van der Waals surface area contributed by atoms with Crippen LogP contribution in [0.15, 0.2) is 36.7 Å². The summed E-state index contributed by atoms with van der Waals surface area (Å²) in [5.74, 6) is 1.00. The Morgan fingerprint density at radius 2 is 2.04 bits per heavy atom. The Balaban J connectivity index is 1.62. The van der Waals surface area contributed by atoms with Crippen LogP contribution in [0.25, 0.3) is 0 Å². The third kappa shape index (κ3) is 2.84. The van der Waals surface area contributed by atoms with Gasteiger partial charge in [-0.1, -0.05) is 11.6 Å². The van der Waals surface area contributed by atoms with Crippen LogP contribution in [0.3, 0.4) is 0 Å². The third-order valence-electron chi connectivity index (χ3n) is 4.02. The molecule has 0 bridgehead atoms. The van der Waals surface area contributed by atoms with Gasteiger partial charge in [-0.15, -0.1) is 0 Å². The number of fused-ring (bicyclic) bond motifs is 1. The molecule has 2 aromatic rings. The van der Waals surface area contributed by atoms with E-state index in [4.69, 9.17) is 21.1 Å². The van der Waals surface area contributed by atoms with Gasteiger partial charge in [0.15, 0.2) is 11.5 Å². The molecule has 1 aliphatic heterocycles. The monoisotopic (exact) mass is 330 g/mol.